The number of pyridine rings is 1. The Balaban J connectivity index is 2.96. The minimum Gasteiger partial charge on any atom is -0.496 e. The molecule has 7 heteroatoms. The molecule has 0 aromatic carbocycles. The van der Waals surface area contributed by atoms with Crippen molar-refractivity contribution in [3.8, 4) is 5.75 Å². The van der Waals surface area contributed by atoms with Crippen molar-refractivity contribution in [1.29, 1.82) is 0 Å². The van der Waals surface area contributed by atoms with E-state index in [0.29, 0.717) is 6.20 Å². The molecule has 0 radical (unpaired) electrons. The average molecular weight is 263 g/mol. The number of aromatic nitrogens is 1. The molecule has 0 N–H and O–H groups in total. The molecule has 0 aliphatic carbocycles. The summed E-state index contributed by atoms with van der Waals surface area (Å²) in [4.78, 5) is 14.7. The Morgan fingerprint density at radius 3 is 2.61 bits per heavy atom. The zero-order chi connectivity index (χ0) is 13.8. The number of hydrogen-bond acceptors (Lipinski definition) is 4. The van der Waals surface area contributed by atoms with Gasteiger partial charge in [-0.2, -0.15) is 13.2 Å². The normalized spacial score (nSPS) is 11.2. The summed E-state index contributed by atoms with van der Waals surface area (Å²) in [5.41, 5.74) is -0.809. The molecule has 1 aromatic heterocycles. The molecule has 1 rings (SSSR count). The Kier molecular flexibility index (Phi) is 4.52. The van der Waals surface area contributed by atoms with Crippen LogP contribution >= 0.6 is 0 Å². The lowest BCUT2D eigenvalue weighted by molar-refractivity contribution is -0.142. The Labute approximate surface area is 102 Å². The van der Waals surface area contributed by atoms with Crippen LogP contribution in [0.15, 0.2) is 12.3 Å². The number of halogens is 3. The Hall–Kier alpha value is -1.79. The Morgan fingerprint density at radius 1 is 1.44 bits per heavy atom. The van der Waals surface area contributed by atoms with Gasteiger partial charge in [-0.1, -0.05) is 0 Å². The third-order valence-electron chi connectivity index (χ3n) is 2.08. The van der Waals surface area contributed by atoms with Crippen LogP contribution in [-0.2, 0) is 22.1 Å². The van der Waals surface area contributed by atoms with E-state index in [1.54, 1.807) is 6.92 Å². The maximum absolute atomic E-state index is 12.5. The first-order valence-electron chi connectivity index (χ1n) is 5.14. The van der Waals surface area contributed by atoms with E-state index in [0.717, 1.165) is 13.2 Å². The summed E-state index contributed by atoms with van der Waals surface area (Å²) in [6.45, 7) is 1.84. The van der Waals surface area contributed by atoms with Gasteiger partial charge in [0.1, 0.15) is 11.3 Å². The number of nitrogens with zero attached hydrogens (tertiary/aromatic N) is 1. The van der Waals surface area contributed by atoms with E-state index in [2.05, 4.69) is 14.5 Å². The van der Waals surface area contributed by atoms with E-state index in [1.807, 2.05) is 0 Å². The topological polar surface area (TPSA) is 48.4 Å². The van der Waals surface area contributed by atoms with Crippen LogP contribution in [0.2, 0.25) is 0 Å². The summed E-state index contributed by atoms with van der Waals surface area (Å²) in [5, 5.41) is 0. The van der Waals surface area contributed by atoms with E-state index < -0.39 is 17.7 Å². The molecule has 0 aliphatic heterocycles. The lowest BCUT2D eigenvalue weighted by Crippen LogP contribution is -2.12. The SMILES string of the molecule is CCOC(=O)Cc1cc(OC)c(C(F)(F)F)cn1. The number of esters is 1. The molecule has 0 saturated carbocycles. The number of alkyl halides is 3. The number of rotatable bonds is 4. The largest absolute Gasteiger partial charge is 0.496 e. The third kappa shape index (κ3) is 3.61. The van der Waals surface area contributed by atoms with Crippen molar-refractivity contribution in [3.05, 3.63) is 23.5 Å². The Bertz CT molecular complexity index is 432. The van der Waals surface area contributed by atoms with Gasteiger partial charge in [0.15, 0.2) is 0 Å². The smallest absolute Gasteiger partial charge is 0.421 e. The molecule has 0 aliphatic rings. The Morgan fingerprint density at radius 2 is 2.11 bits per heavy atom. The van der Waals surface area contributed by atoms with Crippen molar-refractivity contribution in [3.63, 3.8) is 0 Å². The highest BCUT2D eigenvalue weighted by atomic mass is 19.4. The van der Waals surface area contributed by atoms with Crippen LogP contribution in [0.25, 0.3) is 0 Å². The second-order valence-electron chi connectivity index (χ2n) is 3.36. The van der Waals surface area contributed by atoms with E-state index in [1.165, 1.54) is 0 Å². The van der Waals surface area contributed by atoms with Gasteiger partial charge in [-0.3, -0.25) is 9.78 Å². The van der Waals surface area contributed by atoms with Crippen molar-refractivity contribution in [2.24, 2.45) is 0 Å². The van der Waals surface area contributed by atoms with Crippen molar-refractivity contribution in [2.45, 2.75) is 19.5 Å². The third-order valence-corrected chi connectivity index (χ3v) is 2.08. The summed E-state index contributed by atoms with van der Waals surface area (Å²) < 4.78 is 46.9. The van der Waals surface area contributed by atoms with Gasteiger partial charge in [0, 0.05) is 12.3 Å². The fraction of sp³-hybridized carbons (Fsp3) is 0.455. The number of hydrogen-bond donors (Lipinski definition) is 0. The highest BCUT2D eigenvalue weighted by Crippen LogP contribution is 2.35. The van der Waals surface area contributed by atoms with Crippen LogP contribution < -0.4 is 4.74 Å². The van der Waals surface area contributed by atoms with Crippen LogP contribution in [0.3, 0.4) is 0 Å². The summed E-state index contributed by atoms with van der Waals surface area (Å²) >= 11 is 0. The fourth-order valence-corrected chi connectivity index (χ4v) is 1.32. The van der Waals surface area contributed by atoms with Gasteiger partial charge in [0.2, 0.25) is 0 Å². The molecule has 0 spiro atoms. The van der Waals surface area contributed by atoms with E-state index in [9.17, 15) is 18.0 Å². The number of ether oxygens (including phenoxy) is 2. The lowest BCUT2D eigenvalue weighted by atomic mass is 10.2. The molecule has 0 fully saturated rings. The standard InChI is InChI=1S/C11H12F3NO3/c1-3-18-10(16)5-7-4-9(17-2)8(6-15-7)11(12,13)14/h4,6H,3,5H2,1-2H3. The van der Waals surface area contributed by atoms with E-state index >= 15 is 0 Å². The van der Waals surface area contributed by atoms with Gasteiger partial charge >= 0.3 is 12.1 Å². The van der Waals surface area contributed by atoms with Crippen molar-refractivity contribution < 1.29 is 27.4 Å². The number of carbonyl (C=O) groups is 1. The molecule has 4 nitrogen and oxygen atoms in total. The summed E-state index contributed by atoms with van der Waals surface area (Å²) in [5.74, 6) is -0.913. The van der Waals surface area contributed by atoms with E-state index in [-0.39, 0.29) is 24.5 Å². The van der Waals surface area contributed by atoms with Crippen molar-refractivity contribution in [2.75, 3.05) is 13.7 Å². The average Bonchev–Trinajstić information content (AvgIpc) is 2.27. The van der Waals surface area contributed by atoms with Crippen LogP contribution in [0.4, 0.5) is 13.2 Å². The quantitative estimate of drug-likeness (QED) is 0.781. The van der Waals surface area contributed by atoms with Gasteiger partial charge in [0.05, 0.1) is 25.8 Å². The minimum atomic E-state index is -4.54. The predicted octanol–water partition coefficient (Wildman–Crippen LogP) is 2.21. The summed E-state index contributed by atoms with van der Waals surface area (Å²) in [6.07, 6.45) is -4.09. The van der Waals surface area contributed by atoms with Gasteiger partial charge < -0.3 is 9.47 Å². The van der Waals surface area contributed by atoms with Gasteiger partial charge in [0.25, 0.3) is 0 Å². The van der Waals surface area contributed by atoms with Crippen LogP contribution in [0.5, 0.6) is 5.75 Å². The molecule has 100 valence electrons. The second kappa shape index (κ2) is 5.70. The zero-order valence-electron chi connectivity index (χ0n) is 9.87. The first kappa shape index (κ1) is 14.3. The zero-order valence-corrected chi connectivity index (χ0v) is 9.87. The molecule has 0 amide bonds. The van der Waals surface area contributed by atoms with Gasteiger partial charge in [-0.05, 0) is 6.92 Å². The maximum Gasteiger partial charge on any atom is 0.421 e. The molecular formula is C11H12F3NO3. The first-order valence-corrected chi connectivity index (χ1v) is 5.14. The summed E-state index contributed by atoms with van der Waals surface area (Å²) in [6, 6.07) is 1.08. The molecule has 1 aromatic rings. The fourth-order valence-electron chi connectivity index (χ4n) is 1.32. The monoisotopic (exact) mass is 263 g/mol. The predicted molar refractivity (Wildman–Crippen MR) is 56.1 cm³/mol. The van der Waals surface area contributed by atoms with Crippen molar-refractivity contribution >= 4 is 5.97 Å². The molecule has 1 heterocycles. The molecule has 18 heavy (non-hydrogen) atoms. The van der Waals surface area contributed by atoms with E-state index in [4.69, 9.17) is 0 Å². The van der Waals surface area contributed by atoms with Crippen LogP contribution in [0.1, 0.15) is 18.2 Å². The molecular weight excluding hydrogens is 251 g/mol. The molecule has 0 saturated heterocycles. The lowest BCUT2D eigenvalue weighted by Gasteiger charge is -2.12. The number of methoxy groups -OCH3 is 1. The molecule has 0 bridgehead atoms. The minimum absolute atomic E-state index is 0.165. The first-order chi connectivity index (χ1) is 8.38. The number of carbonyl (C=O) groups excluding carboxylic acids is 1. The highest BCUT2D eigenvalue weighted by Gasteiger charge is 2.35. The van der Waals surface area contributed by atoms with Gasteiger partial charge in [-0.25, -0.2) is 0 Å². The maximum atomic E-state index is 12.5. The summed E-state index contributed by atoms with van der Waals surface area (Å²) in [7, 11) is 1.12. The highest BCUT2D eigenvalue weighted by molar-refractivity contribution is 5.72. The van der Waals surface area contributed by atoms with Crippen LogP contribution in [-0.4, -0.2) is 24.7 Å². The second-order valence-corrected chi connectivity index (χ2v) is 3.36. The van der Waals surface area contributed by atoms with Crippen molar-refractivity contribution in [1.82, 2.24) is 4.98 Å². The molecule has 0 atom stereocenters. The van der Waals surface area contributed by atoms with Crippen LogP contribution in [0, 0.1) is 0 Å². The molecule has 0 unspecified atom stereocenters. The van der Waals surface area contributed by atoms with Gasteiger partial charge in [-0.15, -0.1) is 0 Å².